The normalized spacial score (nSPS) is 20.6. The highest BCUT2D eigenvalue weighted by atomic mass is 35.5. The molecule has 1 fully saturated rings. The van der Waals surface area contributed by atoms with E-state index in [9.17, 15) is 0 Å². The first-order chi connectivity index (χ1) is 9.75. The number of halogens is 1. The fourth-order valence-corrected chi connectivity index (χ4v) is 3.25. The van der Waals surface area contributed by atoms with Crippen LogP contribution in [0.25, 0.3) is 11.0 Å². The molecule has 2 aromatic rings. The maximum absolute atomic E-state index is 6.20. The Morgan fingerprint density at radius 2 is 2.20 bits per heavy atom. The van der Waals surface area contributed by atoms with E-state index in [1.807, 2.05) is 18.2 Å². The van der Waals surface area contributed by atoms with Crippen molar-refractivity contribution >= 4 is 22.6 Å². The summed E-state index contributed by atoms with van der Waals surface area (Å²) in [6, 6.07) is 8.65. The van der Waals surface area contributed by atoms with Crippen LogP contribution < -0.4 is 5.32 Å². The lowest BCUT2D eigenvalue weighted by molar-refractivity contribution is 0.181. The summed E-state index contributed by atoms with van der Waals surface area (Å²) in [5, 5.41) is 5.16. The van der Waals surface area contributed by atoms with Gasteiger partial charge in [-0.1, -0.05) is 24.6 Å². The number of piperidine rings is 1. The molecular weight excluding hydrogens is 272 g/mol. The van der Waals surface area contributed by atoms with Crippen LogP contribution >= 0.6 is 11.6 Å². The van der Waals surface area contributed by atoms with E-state index in [-0.39, 0.29) is 0 Å². The number of furan rings is 1. The van der Waals surface area contributed by atoms with Gasteiger partial charge in [0, 0.05) is 30.1 Å². The van der Waals surface area contributed by atoms with Crippen molar-refractivity contribution in [1.82, 2.24) is 10.2 Å². The second-order valence-corrected chi connectivity index (χ2v) is 5.95. The van der Waals surface area contributed by atoms with Crippen LogP contribution in [-0.2, 0) is 6.54 Å². The third-order valence-corrected chi connectivity index (χ3v) is 4.56. The highest BCUT2D eigenvalue weighted by Gasteiger charge is 2.19. The number of benzene rings is 1. The van der Waals surface area contributed by atoms with E-state index in [1.165, 1.54) is 25.8 Å². The van der Waals surface area contributed by atoms with Crippen LogP contribution in [0.2, 0.25) is 5.22 Å². The Morgan fingerprint density at radius 3 is 3.05 bits per heavy atom. The Kier molecular flexibility index (Phi) is 4.29. The third kappa shape index (κ3) is 2.85. The van der Waals surface area contributed by atoms with Gasteiger partial charge in [0.05, 0.1) is 0 Å². The predicted molar refractivity (Wildman–Crippen MR) is 83.2 cm³/mol. The zero-order valence-electron chi connectivity index (χ0n) is 11.9. The fraction of sp³-hybridized carbons (Fsp3) is 0.500. The minimum atomic E-state index is 0.510. The van der Waals surface area contributed by atoms with Crippen molar-refractivity contribution in [2.75, 3.05) is 20.1 Å². The first kappa shape index (κ1) is 13.9. The lowest BCUT2D eigenvalue weighted by Gasteiger charge is -2.32. The molecule has 4 heteroatoms. The van der Waals surface area contributed by atoms with E-state index in [0.29, 0.717) is 11.3 Å². The van der Waals surface area contributed by atoms with Gasteiger partial charge in [-0.05, 0) is 44.1 Å². The summed E-state index contributed by atoms with van der Waals surface area (Å²) in [5.74, 6) is 0. The van der Waals surface area contributed by atoms with Gasteiger partial charge in [-0.15, -0.1) is 0 Å². The quantitative estimate of drug-likeness (QED) is 0.932. The van der Waals surface area contributed by atoms with Crippen LogP contribution in [0.4, 0.5) is 0 Å². The SMILES string of the molecule is CN1CCCCC1CNCc1c(Cl)oc2ccccc12. The van der Waals surface area contributed by atoms with E-state index in [2.05, 4.69) is 23.3 Å². The van der Waals surface area contributed by atoms with Gasteiger partial charge in [0.1, 0.15) is 5.58 Å². The molecule has 0 amide bonds. The molecule has 0 aliphatic carbocycles. The molecule has 1 aromatic heterocycles. The van der Waals surface area contributed by atoms with Crippen molar-refractivity contribution in [3.05, 3.63) is 35.0 Å². The molecule has 1 N–H and O–H groups in total. The van der Waals surface area contributed by atoms with Crippen LogP contribution in [0, 0.1) is 0 Å². The molecule has 0 saturated carbocycles. The number of nitrogens with one attached hydrogen (secondary N) is 1. The largest absolute Gasteiger partial charge is 0.444 e. The van der Waals surface area contributed by atoms with Crippen molar-refractivity contribution in [3.8, 4) is 0 Å². The standard InChI is InChI=1S/C16H21ClN2O/c1-19-9-5-4-6-12(19)10-18-11-14-13-7-2-3-8-15(13)20-16(14)17/h2-3,7-8,12,18H,4-6,9-11H2,1H3. The number of fused-ring (bicyclic) bond motifs is 1. The second kappa shape index (κ2) is 6.17. The summed E-state index contributed by atoms with van der Waals surface area (Å²) in [4.78, 5) is 2.45. The molecule has 1 unspecified atom stereocenters. The Morgan fingerprint density at radius 1 is 1.35 bits per heavy atom. The molecule has 1 atom stereocenters. The highest BCUT2D eigenvalue weighted by molar-refractivity contribution is 6.30. The summed E-state index contributed by atoms with van der Waals surface area (Å²) in [7, 11) is 2.21. The average molecular weight is 293 g/mol. The van der Waals surface area contributed by atoms with E-state index in [0.717, 1.165) is 29.6 Å². The van der Waals surface area contributed by atoms with Gasteiger partial charge in [0.15, 0.2) is 5.22 Å². The Bertz CT molecular complexity index is 581. The molecule has 1 aliphatic heterocycles. The lowest BCUT2D eigenvalue weighted by Crippen LogP contribution is -2.42. The van der Waals surface area contributed by atoms with Crippen LogP contribution in [0.15, 0.2) is 28.7 Å². The van der Waals surface area contributed by atoms with Gasteiger partial charge < -0.3 is 14.6 Å². The maximum Gasteiger partial charge on any atom is 0.199 e. The molecule has 20 heavy (non-hydrogen) atoms. The zero-order chi connectivity index (χ0) is 13.9. The smallest absolute Gasteiger partial charge is 0.199 e. The third-order valence-electron chi connectivity index (χ3n) is 4.25. The lowest BCUT2D eigenvalue weighted by atomic mass is 10.0. The monoisotopic (exact) mass is 292 g/mol. The minimum absolute atomic E-state index is 0.510. The first-order valence-electron chi connectivity index (χ1n) is 7.32. The van der Waals surface area contributed by atoms with E-state index < -0.39 is 0 Å². The Balaban J connectivity index is 1.63. The van der Waals surface area contributed by atoms with Gasteiger partial charge in [-0.2, -0.15) is 0 Å². The minimum Gasteiger partial charge on any atom is -0.444 e. The summed E-state index contributed by atoms with van der Waals surface area (Å²) >= 11 is 6.20. The Labute approximate surface area is 124 Å². The zero-order valence-corrected chi connectivity index (χ0v) is 12.6. The van der Waals surface area contributed by atoms with Gasteiger partial charge in [0.25, 0.3) is 0 Å². The van der Waals surface area contributed by atoms with Crippen molar-refractivity contribution < 1.29 is 4.42 Å². The molecule has 0 radical (unpaired) electrons. The van der Waals surface area contributed by atoms with Gasteiger partial charge >= 0.3 is 0 Å². The summed E-state index contributed by atoms with van der Waals surface area (Å²) in [6.07, 6.45) is 3.95. The van der Waals surface area contributed by atoms with E-state index in [1.54, 1.807) is 0 Å². The van der Waals surface area contributed by atoms with Crippen LogP contribution in [0.5, 0.6) is 0 Å². The Hall–Kier alpha value is -1.03. The molecule has 2 heterocycles. The molecule has 1 aliphatic rings. The summed E-state index contributed by atoms with van der Waals surface area (Å²) in [6.45, 7) is 2.98. The number of para-hydroxylation sites is 1. The van der Waals surface area contributed by atoms with E-state index >= 15 is 0 Å². The number of hydrogen-bond donors (Lipinski definition) is 1. The number of likely N-dealkylation sites (tertiary alicyclic amines) is 1. The molecule has 1 aromatic carbocycles. The number of likely N-dealkylation sites (N-methyl/N-ethyl adjacent to an activating group) is 1. The van der Waals surface area contributed by atoms with Gasteiger partial charge in [-0.25, -0.2) is 0 Å². The number of hydrogen-bond acceptors (Lipinski definition) is 3. The van der Waals surface area contributed by atoms with Gasteiger partial charge in [-0.3, -0.25) is 0 Å². The molecule has 0 spiro atoms. The van der Waals surface area contributed by atoms with Crippen LogP contribution in [-0.4, -0.2) is 31.1 Å². The molecule has 0 bridgehead atoms. The summed E-state index contributed by atoms with van der Waals surface area (Å²) < 4.78 is 5.58. The number of nitrogens with zero attached hydrogens (tertiary/aromatic N) is 1. The molecular formula is C16H21ClN2O. The topological polar surface area (TPSA) is 28.4 Å². The van der Waals surface area contributed by atoms with Crippen molar-refractivity contribution in [2.24, 2.45) is 0 Å². The van der Waals surface area contributed by atoms with Crippen LogP contribution in [0.3, 0.4) is 0 Å². The molecule has 3 rings (SSSR count). The first-order valence-corrected chi connectivity index (χ1v) is 7.70. The van der Waals surface area contributed by atoms with Gasteiger partial charge in [0.2, 0.25) is 0 Å². The molecule has 3 nitrogen and oxygen atoms in total. The number of rotatable bonds is 4. The predicted octanol–water partition coefficient (Wildman–Crippen LogP) is 3.66. The van der Waals surface area contributed by atoms with Crippen LogP contribution in [0.1, 0.15) is 24.8 Å². The second-order valence-electron chi connectivity index (χ2n) is 5.61. The van der Waals surface area contributed by atoms with Crippen molar-refractivity contribution in [3.63, 3.8) is 0 Å². The van der Waals surface area contributed by atoms with E-state index in [4.69, 9.17) is 16.0 Å². The summed E-state index contributed by atoms with van der Waals surface area (Å²) in [5.41, 5.74) is 1.94. The maximum atomic E-state index is 6.20. The fourth-order valence-electron chi connectivity index (χ4n) is 3.00. The molecule has 1 saturated heterocycles. The molecule has 108 valence electrons. The average Bonchev–Trinajstić information content (AvgIpc) is 2.77. The highest BCUT2D eigenvalue weighted by Crippen LogP contribution is 2.29. The van der Waals surface area contributed by atoms with Crippen molar-refractivity contribution in [1.29, 1.82) is 0 Å². The van der Waals surface area contributed by atoms with Crippen molar-refractivity contribution in [2.45, 2.75) is 31.8 Å².